The maximum absolute atomic E-state index is 6.08. The molecule has 0 aromatic carbocycles. The molecule has 16 heavy (non-hydrogen) atoms. The molecule has 2 heterocycles. The fourth-order valence-electron chi connectivity index (χ4n) is 2.11. The second-order valence-electron chi connectivity index (χ2n) is 4.48. The average molecular weight is 224 g/mol. The highest BCUT2D eigenvalue weighted by atomic mass is 16.5. The van der Waals surface area contributed by atoms with Gasteiger partial charge in [0.05, 0.1) is 6.10 Å². The molecule has 1 fully saturated rings. The van der Waals surface area contributed by atoms with Crippen molar-refractivity contribution in [2.24, 2.45) is 12.8 Å². The summed E-state index contributed by atoms with van der Waals surface area (Å²) in [6.45, 7) is 0.920. The first kappa shape index (κ1) is 11.5. The zero-order valence-electron chi connectivity index (χ0n) is 9.80. The van der Waals surface area contributed by atoms with Crippen molar-refractivity contribution < 1.29 is 4.74 Å². The minimum atomic E-state index is 0.159. The van der Waals surface area contributed by atoms with Crippen LogP contribution in [0.15, 0.2) is 6.33 Å². The first-order chi connectivity index (χ1) is 7.75. The molecule has 2 atom stereocenters. The van der Waals surface area contributed by atoms with E-state index in [1.807, 2.05) is 7.05 Å². The van der Waals surface area contributed by atoms with Crippen molar-refractivity contribution in [1.82, 2.24) is 14.8 Å². The molecule has 1 aromatic heterocycles. The van der Waals surface area contributed by atoms with Crippen LogP contribution in [-0.4, -0.2) is 33.5 Å². The molecule has 1 aliphatic heterocycles. The molecule has 2 unspecified atom stereocenters. The second kappa shape index (κ2) is 5.41. The van der Waals surface area contributed by atoms with Crippen LogP contribution < -0.4 is 5.73 Å². The van der Waals surface area contributed by atoms with E-state index >= 15 is 0 Å². The predicted octanol–water partition coefficient (Wildman–Crippen LogP) is 0.644. The Balaban J connectivity index is 1.71. The fourth-order valence-corrected chi connectivity index (χ4v) is 2.11. The van der Waals surface area contributed by atoms with E-state index in [9.17, 15) is 0 Å². The van der Waals surface area contributed by atoms with Gasteiger partial charge in [0.25, 0.3) is 0 Å². The molecule has 0 bridgehead atoms. The Morgan fingerprint density at radius 1 is 1.69 bits per heavy atom. The highest BCUT2D eigenvalue weighted by Crippen LogP contribution is 2.17. The maximum Gasteiger partial charge on any atom is 0.138 e. The lowest BCUT2D eigenvalue weighted by Gasteiger charge is -2.14. The van der Waals surface area contributed by atoms with Crippen LogP contribution in [0.4, 0.5) is 0 Å². The average Bonchev–Trinajstić information content (AvgIpc) is 2.88. The Labute approximate surface area is 96.0 Å². The molecule has 0 spiro atoms. The highest BCUT2D eigenvalue weighted by molar-refractivity contribution is 4.88. The van der Waals surface area contributed by atoms with E-state index in [0.29, 0.717) is 6.10 Å². The van der Waals surface area contributed by atoms with E-state index in [-0.39, 0.29) is 6.04 Å². The molecule has 1 aliphatic rings. The molecule has 5 heteroatoms. The molecule has 0 radical (unpaired) electrons. The van der Waals surface area contributed by atoms with E-state index in [0.717, 1.165) is 31.7 Å². The normalized spacial score (nSPS) is 22.5. The van der Waals surface area contributed by atoms with E-state index < -0.39 is 0 Å². The van der Waals surface area contributed by atoms with Crippen LogP contribution in [0.1, 0.15) is 31.5 Å². The third-order valence-corrected chi connectivity index (χ3v) is 3.13. The highest BCUT2D eigenvalue weighted by Gasteiger charge is 2.17. The standard InChI is InChI=1S/C11H20N4O/c1-15-11(13-8-14-15)7-9(12)4-5-10-3-2-6-16-10/h8-10H,2-7,12H2,1H3. The van der Waals surface area contributed by atoms with Gasteiger partial charge in [0.15, 0.2) is 0 Å². The Morgan fingerprint density at radius 2 is 2.56 bits per heavy atom. The first-order valence-corrected chi connectivity index (χ1v) is 5.96. The van der Waals surface area contributed by atoms with Crippen molar-refractivity contribution in [2.75, 3.05) is 6.61 Å². The van der Waals surface area contributed by atoms with E-state index in [1.54, 1.807) is 11.0 Å². The van der Waals surface area contributed by atoms with Crippen molar-refractivity contribution in [3.8, 4) is 0 Å². The SMILES string of the molecule is Cn1ncnc1CC(N)CCC1CCCO1. The lowest BCUT2D eigenvalue weighted by Crippen LogP contribution is -2.26. The summed E-state index contributed by atoms with van der Waals surface area (Å²) in [6.07, 6.45) is 7.26. The zero-order valence-corrected chi connectivity index (χ0v) is 9.80. The minimum Gasteiger partial charge on any atom is -0.378 e. The van der Waals surface area contributed by atoms with Gasteiger partial charge in [0, 0.05) is 26.1 Å². The van der Waals surface area contributed by atoms with Crippen LogP contribution in [0.5, 0.6) is 0 Å². The summed E-state index contributed by atoms with van der Waals surface area (Å²) in [4.78, 5) is 4.18. The summed E-state index contributed by atoms with van der Waals surface area (Å²) in [7, 11) is 1.90. The summed E-state index contributed by atoms with van der Waals surface area (Å²) in [5.74, 6) is 0.958. The van der Waals surface area contributed by atoms with E-state index in [1.165, 1.54) is 12.8 Å². The third-order valence-electron chi connectivity index (χ3n) is 3.13. The lowest BCUT2D eigenvalue weighted by molar-refractivity contribution is 0.101. The number of hydrogen-bond acceptors (Lipinski definition) is 4. The van der Waals surface area contributed by atoms with Gasteiger partial charge in [-0.25, -0.2) is 4.98 Å². The first-order valence-electron chi connectivity index (χ1n) is 5.96. The second-order valence-corrected chi connectivity index (χ2v) is 4.48. The summed E-state index contributed by atoms with van der Waals surface area (Å²) in [5.41, 5.74) is 6.08. The van der Waals surface area contributed by atoms with Gasteiger partial charge in [-0.2, -0.15) is 5.10 Å². The van der Waals surface area contributed by atoms with Gasteiger partial charge in [0.2, 0.25) is 0 Å². The van der Waals surface area contributed by atoms with Gasteiger partial charge in [-0.05, 0) is 25.7 Å². The summed E-state index contributed by atoms with van der Waals surface area (Å²) in [6, 6.07) is 0.159. The zero-order chi connectivity index (χ0) is 11.4. The monoisotopic (exact) mass is 224 g/mol. The van der Waals surface area contributed by atoms with Crippen LogP contribution in [-0.2, 0) is 18.2 Å². The molecular formula is C11H20N4O. The van der Waals surface area contributed by atoms with Crippen LogP contribution in [0, 0.1) is 0 Å². The minimum absolute atomic E-state index is 0.159. The molecule has 1 saturated heterocycles. The Morgan fingerprint density at radius 3 is 3.19 bits per heavy atom. The summed E-state index contributed by atoms with van der Waals surface area (Å²) in [5, 5.41) is 4.03. The number of nitrogens with two attached hydrogens (primary N) is 1. The smallest absolute Gasteiger partial charge is 0.138 e. The topological polar surface area (TPSA) is 66.0 Å². The van der Waals surface area contributed by atoms with Crippen molar-refractivity contribution in [1.29, 1.82) is 0 Å². The van der Waals surface area contributed by atoms with E-state index in [4.69, 9.17) is 10.5 Å². The Bertz CT molecular complexity index is 320. The predicted molar refractivity (Wildman–Crippen MR) is 60.9 cm³/mol. The Kier molecular flexibility index (Phi) is 3.90. The summed E-state index contributed by atoms with van der Waals surface area (Å²) >= 11 is 0. The van der Waals surface area contributed by atoms with Gasteiger partial charge >= 0.3 is 0 Å². The largest absolute Gasteiger partial charge is 0.378 e. The fraction of sp³-hybridized carbons (Fsp3) is 0.818. The number of hydrogen-bond donors (Lipinski definition) is 1. The Hall–Kier alpha value is -0.940. The summed E-state index contributed by atoms with van der Waals surface area (Å²) < 4.78 is 7.36. The van der Waals surface area contributed by atoms with Crippen molar-refractivity contribution in [3.05, 3.63) is 12.2 Å². The van der Waals surface area contributed by atoms with Crippen molar-refractivity contribution >= 4 is 0 Å². The van der Waals surface area contributed by atoms with Crippen LogP contribution in [0.25, 0.3) is 0 Å². The molecule has 1 aromatic rings. The molecule has 2 N–H and O–H groups in total. The van der Waals surface area contributed by atoms with Crippen LogP contribution >= 0.6 is 0 Å². The van der Waals surface area contributed by atoms with Crippen LogP contribution in [0.2, 0.25) is 0 Å². The van der Waals surface area contributed by atoms with Gasteiger partial charge in [-0.1, -0.05) is 0 Å². The van der Waals surface area contributed by atoms with Gasteiger partial charge < -0.3 is 10.5 Å². The quantitative estimate of drug-likeness (QED) is 0.797. The molecule has 2 rings (SSSR count). The molecule has 0 saturated carbocycles. The molecule has 0 aliphatic carbocycles. The van der Waals surface area contributed by atoms with Gasteiger partial charge in [-0.3, -0.25) is 4.68 Å². The maximum atomic E-state index is 6.08. The number of ether oxygens (including phenoxy) is 1. The number of nitrogens with zero attached hydrogens (tertiary/aromatic N) is 3. The van der Waals surface area contributed by atoms with Crippen LogP contribution in [0.3, 0.4) is 0 Å². The molecular weight excluding hydrogens is 204 g/mol. The van der Waals surface area contributed by atoms with Crippen molar-refractivity contribution in [3.63, 3.8) is 0 Å². The number of aromatic nitrogens is 3. The number of rotatable bonds is 5. The van der Waals surface area contributed by atoms with Crippen molar-refractivity contribution in [2.45, 2.75) is 44.2 Å². The number of aryl methyl sites for hydroxylation is 1. The molecule has 5 nitrogen and oxygen atoms in total. The van der Waals surface area contributed by atoms with Gasteiger partial charge in [0.1, 0.15) is 12.2 Å². The molecule has 0 amide bonds. The third kappa shape index (κ3) is 3.02. The van der Waals surface area contributed by atoms with E-state index in [2.05, 4.69) is 10.1 Å². The molecule has 90 valence electrons. The lowest BCUT2D eigenvalue weighted by atomic mass is 10.0. The van der Waals surface area contributed by atoms with Gasteiger partial charge in [-0.15, -0.1) is 0 Å².